The number of amides is 1. The predicted molar refractivity (Wildman–Crippen MR) is 118 cm³/mol. The van der Waals surface area contributed by atoms with E-state index < -0.39 is 6.10 Å². The van der Waals surface area contributed by atoms with E-state index in [1.807, 2.05) is 16.7 Å². The lowest BCUT2D eigenvalue weighted by molar-refractivity contribution is -0.130. The highest BCUT2D eigenvalue weighted by Gasteiger charge is 2.38. The van der Waals surface area contributed by atoms with Crippen LogP contribution < -0.4 is 11.0 Å². The smallest absolute Gasteiger partial charge is 0.330 e. The molecule has 7 heteroatoms. The Balaban J connectivity index is 1.92. The normalized spacial score (nSPS) is 22.8. The number of aromatic nitrogens is 3. The van der Waals surface area contributed by atoms with Crippen molar-refractivity contribution in [3.63, 3.8) is 0 Å². The first-order valence-electron chi connectivity index (χ1n) is 10.8. The van der Waals surface area contributed by atoms with Crippen molar-refractivity contribution in [2.75, 3.05) is 0 Å². The number of pyridine rings is 1. The fourth-order valence-corrected chi connectivity index (χ4v) is 4.40. The van der Waals surface area contributed by atoms with E-state index in [0.29, 0.717) is 12.2 Å². The average Bonchev–Trinajstić information content (AvgIpc) is 2.86. The molecule has 2 heterocycles. The summed E-state index contributed by atoms with van der Waals surface area (Å²) in [5, 5.41) is 12.6. The minimum atomic E-state index is -1.02. The molecule has 1 fully saturated rings. The molecule has 0 radical (unpaired) electrons. The van der Waals surface area contributed by atoms with Gasteiger partial charge in [0.2, 0.25) is 5.91 Å². The second-order valence-corrected chi connectivity index (χ2v) is 10.8. The van der Waals surface area contributed by atoms with Gasteiger partial charge in [-0.25, -0.2) is 9.78 Å². The molecule has 0 bridgehead atoms. The predicted octanol–water partition coefficient (Wildman–Crippen LogP) is 2.94. The van der Waals surface area contributed by atoms with Crippen molar-refractivity contribution in [1.82, 2.24) is 19.4 Å². The third-order valence-electron chi connectivity index (χ3n) is 6.35. The monoisotopic (exact) mass is 416 g/mol. The molecule has 0 aromatic carbocycles. The van der Waals surface area contributed by atoms with Gasteiger partial charge in [-0.1, -0.05) is 34.6 Å². The number of rotatable bonds is 4. The summed E-state index contributed by atoms with van der Waals surface area (Å²) in [5.74, 6) is -0.137. The second kappa shape index (κ2) is 7.84. The summed E-state index contributed by atoms with van der Waals surface area (Å²) in [6.07, 6.45) is 1.67. The zero-order chi connectivity index (χ0) is 22.4. The van der Waals surface area contributed by atoms with Gasteiger partial charge < -0.3 is 10.4 Å². The highest BCUT2D eigenvalue weighted by Crippen LogP contribution is 2.42. The van der Waals surface area contributed by atoms with Crippen molar-refractivity contribution in [2.45, 2.75) is 85.4 Å². The van der Waals surface area contributed by atoms with Gasteiger partial charge >= 0.3 is 5.69 Å². The summed E-state index contributed by atoms with van der Waals surface area (Å²) in [6.45, 7) is 12.8. The molecule has 0 aliphatic heterocycles. The zero-order valence-corrected chi connectivity index (χ0v) is 19.3. The summed E-state index contributed by atoms with van der Waals surface area (Å²) < 4.78 is 3.44. The molecule has 2 N–H and O–H groups in total. The molecule has 1 aliphatic rings. The van der Waals surface area contributed by atoms with Gasteiger partial charge in [-0.3, -0.25) is 13.9 Å². The zero-order valence-electron chi connectivity index (χ0n) is 19.3. The molecule has 2 aromatic heterocycles. The Hall–Kier alpha value is -2.15. The van der Waals surface area contributed by atoms with Gasteiger partial charge in [0, 0.05) is 31.2 Å². The summed E-state index contributed by atoms with van der Waals surface area (Å²) in [7, 11) is 1.77. The molecule has 3 atom stereocenters. The Morgan fingerprint density at radius 2 is 2.03 bits per heavy atom. The SMILES string of the molecule is CC(O)C(=O)NC1CC(c2ccc3c(n2)n(C)c(=O)n3CC(C)(C)C)CCC1(C)C. The van der Waals surface area contributed by atoms with Crippen molar-refractivity contribution >= 4 is 17.1 Å². The van der Waals surface area contributed by atoms with Gasteiger partial charge in [0.05, 0.1) is 5.52 Å². The van der Waals surface area contributed by atoms with E-state index in [0.717, 1.165) is 30.5 Å². The van der Waals surface area contributed by atoms with Crippen LogP contribution in [-0.2, 0) is 18.4 Å². The molecule has 1 saturated carbocycles. The number of imidazole rings is 1. The maximum Gasteiger partial charge on any atom is 0.330 e. The minimum absolute atomic E-state index is 0.0129. The first kappa shape index (κ1) is 22.5. The Morgan fingerprint density at radius 3 is 2.63 bits per heavy atom. The van der Waals surface area contributed by atoms with E-state index in [9.17, 15) is 14.7 Å². The van der Waals surface area contributed by atoms with Crippen molar-refractivity contribution < 1.29 is 9.90 Å². The molecule has 30 heavy (non-hydrogen) atoms. The second-order valence-electron chi connectivity index (χ2n) is 10.8. The van der Waals surface area contributed by atoms with Crippen LogP contribution >= 0.6 is 0 Å². The van der Waals surface area contributed by atoms with Crippen LogP contribution in [0.5, 0.6) is 0 Å². The average molecular weight is 417 g/mol. The molecule has 1 aliphatic carbocycles. The Labute approximate surface area is 178 Å². The highest BCUT2D eigenvalue weighted by molar-refractivity contribution is 5.80. The molecule has 2 aromatic rings. The molecule has 7 nitrogen and oxygen atoms in total. The number of aliphatic hydroxyl groups is 1. The third-order valence-corrected chi connectivity index (χ3v) is 6.35. The van der Waals surface area contributed by atoms with Gasteiger partial charge in [0.1, 0.15) is 6.10 Å². The van der Waals surface area contributed by atoms with Gasteiger partial charge in [-0.05, 0) is 49.1 Å². The lowest BCUT2D eigenvalue weighted by Crippen LogP contribution is -2.50. The van der Waals surface area contributed by atoms with Crippen LogP contribution in [0.4, 0.5) is 0 Å². The van der Waals surface area contributed by atoms with E-state index in [-0.39, 0.29) is 34.4 Å². The van der Waals surface area contributed by atoms with Crippen molar-refractivity contribution in [3.05, 3.63) is 28.3 Å². The Morgan fingerprint density at radius 1 is 1.37 bits per heavy atom. The maximum absolute atomic E-state index is 12.8. The van der Waals surface area contributed by atoms with Crippen LogP contribution in [-0.4, -0.2) is 37.3 Å². The highest BCUT2D eigenvalue weighted by atomic mass is 16.3. The quantitative estimate of drug-likeness (QED) is 0.802. The van der Waals surface area contributed by atoms with Crippen LogP contribution in [0.15, 0.2) is 16.9 Å². The number of carbonyl (C=O) groups is 1. The lowest BCUT2D eigenvalue weighted by Gasteiger charge is -2.42. The van der Waals surface area contributed by atoms with Gasteiger partial charge in [0.15, 0.2) is 5.65 Å². The van der Waals surface area contributed by atoms with Gasteiger partial charge in [-0.15, -0.1) is 0 Å². The summed E-state index contributed by atoms with van der Waals surface area (Å²) in [6, 6.07) is 4.00. The van der Waals surface area contributed by atoms with Crippen LogP contribution in [0, 0.1) is 10.8 Å². The fourth-order valence-electron chi connectivity index (χ4n) is 4.40. The van der Waals surface area contributed by atoms with E-state index in [4.69, 9.17) is 4.98 Å². The van der Waals surface area contributed by atoms with Crippen LogP contribution in [0.25, 0.3) is 11.2 Å². The number of nitrogens with one attached hydrogen (secondary N) is 1. The molecular weight excluding hydrogens is 380 g/mol. The maximum atomic E-state index is 12.8. The fraction of sp³-hybridized carbons (Fsp3) is 0.696. The number of aliphatic hydroxyl groups excluding tert-OH is 1. The van der Waals surface area contributed by atoms with E-state index in [2.05, 4.69) is 39.9 Å². The largest absolute Gasteiger partial charge is 0.384 e. The van der Waals surface area contributed by atoms with Crippen LogP contribution in [0.2, 0.25) is 0 Å². The van der Waals surface area contributed by atoms with Crippen molar-refractivity contribution in [3.8, 4) is 0 Å². The standard InChI is InChI=1S/C23H36N4O3/c1-14(28)20(29)25-18-12-15(10-11-23(18,5)6)16-8-9-17-19(24-16)26(7)21(30)27(17)13-22(2,3)4/h8-9,14-15,18,28H,10-13H2,1-7H3,(H,25,29). The van der Waals surface area contributed by atoms with Crippen LogP contribution in [0.1, 0.15) is 72.4 Å². The van der Waals surface area contributed by atoms with Gasteiger partial charge in [0.25, 0.3) is 0 Å². The van der Waals surface area contributed by atoms with Crippen LogP contribution in [0.3, 0.4) is 0 Å². The minimum Gasteiger partial charge on any atom is -0.384 e. The number of hydrogen-bond acceptors (Lipinski definition) is 4. The summed E-state index contributed by atoms with van der Waals surface area (Å²) in [5.41, 5.74) is 2.41. The number of hydrogen-bond donors (Lipinski definition) is 2. The Kier molecular flexibility index (Phi) is 5.89. The van der Waals surface area contributed by atoms with Gasteiger partial charge in [-0.2, -0.15) is 0 Å². The first-order valence-corrected chi connectivity index (χ1v) is 10.8. The lowest BCUT2D eigenvalue weighted by atomic mass is 9.68. The first-order chi connectivity index (χ1) is 13.8. The molecule has 166 valence electrons. The molecule has 1 amide bonds. The van der Waals surface area contributed by atoms with Crippen molar-refractivity contribution in [1.29, 1.82) is 0 Å². The van der Waals surface area contributed by atoms with Crippen molar-refractivity contribution in [2.24, 2.45) is 17.9 Å². The number of nitrogens with zero attached hydrogens (tertiary/aromatic N) is 3. The van der Waals surface area contributed by atoms with E-state index in [1.54, 1.807) is 11.6 Å². The third kappa shape index (κ3) is 4.46. The number of fused-ring (bicyclic) bond motifs is 1. The number of aryl methyl sites for hydroxylation is 1. The Bertz CT molecular complexity index is 994. The topological polar surface area (TPSA) is 89.2 Å². The molecule has 3 unspecified atom stereocenters. The van der Waals surface area contributed by atoms with E-state index in [1.165, 1.54) is 6.92 Å². The molecule has 0 saturated heterocycles. The number of carbonyl (C=O) groups excluding carboxylic acids is 1. The molecular formula is C23H36N4O3. The molecule has 0 spiro atoms. The molecule has 3 rings (SSSR count). The van der Waals surface area contributed by atoms with E-state index >= 15 is 0 Å². The summed E-state index contributed by atoms with van der Waals surface area (Å²) in [4.78, 5) is 29.8. The summed E-state index contributed by atoms with van der Waals surface area (Å²) >= 11 is 0.